The van der Waals surface area contributed by atoms with E-state index in [1.54, 1.807) is 6.07 Å². The van der Waals surface area contributed by atoms with E-state index in [2.05, 4.69) is 4.72 Å². The molecule has 0 amide bonds. The van der Waals surface area contributed by atoms with Crippen LogP contribution in [0.1, 0.15) is 19.4 Å². The molecule has 2 rings (SSSR count). The van der Waals surface area contributed by atoms with Crippen molar-refractivity contribution in [3.8, 4) is 11.5 Å². The van der Waals surface area contributed by atoms with Crippen LogP contribution in [0.15, 0.2) is 12.1 Å². The highest BCUT2D eigenvalue weighted by Crippen LogP contribution is 2.38. The van der Waals surface area contributed by atoms with Gasteiger partial charge in [0, 0.05) is 18.1 Å². The molecule has 0 radical (unpaired) electrons. The lowest BCUT2D eigenvalue weighted by atomic mass is 10.1. The van der Waals surface area contributed by atoms with Crippen LogP contribution in [0.2, 0.25) is 0 Å². The Labute approximate surface area is 117 Å². The summed E-state index contributed by atoms with van der Waals surface area (Å²) in [7, 11) is -3.56. The van der Waals surface area contributed by atoms with Gasteiger partial charge in [0.25, 0.3) is 0 Å². The lowest BCUT2D eigenvalue weighted by Gasteiger charge is -2.13. The third kappa shape index (κ3) is 3.25. The van der Waals surface area contributed by atoms with E-state index in [0.29, 0.717) is 23.8 Å². The molecule has 19 heavy (non-hydrogen) atoms. The first-order chi connectivity index (χ1) is 8.95. The van der Waals surface area contributed by atoms with Crippen LogP contribution in [-0.4, -0.2) is 26.3 Å². The largest absolute Gasteiger partial charge is 0.492 e. The first kappa shape index (κ1) is 14.3. The number of hydrogen-bond donors (Lipinski definition) is 1. The molecule has 0 fully saturated rings. The Hall–Kier alpha value is -1.14. The Balaban J connectivity index is 2.39. The smallest absolute Gasteiger partial charge is 0.246 e. The molecule has 0 bridgehead atoms. The predicted octanol–water partition coefficient (Wildman–Crippen LogP) is 2.35. The van der Waals surface area contributed by atoms with Crippen molar-refractivity contribution >= 4 is 27.3 Å². The van der Waals surface area contributed by atoms with Gasteiger partial charge in [0.2, 0.25) is 10.0 Å². The summed E-state index contributed by atoms with van der Waals surface area (Å²) in [4.78, 5) is 0. The SMILES string of the molecule is CCOc1cc2c(cc1NS(=O)(=O)CCl)OC(C)C2. The highest BCUT2D eigenvalue weighted by atomic mass is 35.5. The summed E-state index contributed by atoms with van der Waals surface area (Å²) >= 11 is 5.39. The van der Waals surface area contributed by atoms with E-state index in [0.717, 1.165) is 12.0 Å². The number of ether oxygens (including phenoxy) is 2. The van der Waals surface area contributed by atoms with Gasteiger partial charge in [-0.1, -0.05) is 0 Å². The molecule has 5 nitrogen and oxygen atoms in total. The van der Waals surface area contributed by atoms with Crippen LogP contribution < -0.4 is 14.2 Å². The maximum absolute atomic E-state index is 11.6. The Morgan fingerprint density at radius 1 is 1.53 bits per heavy atom. The summed E-state index contributed by atoms with van der Waals surface area (Å²) in [6.07, 6.45) is 0.877. The molecule has 1 aliphatic rings. The monoisotopic (exact) mass is 305 g/mol. The second kappa shape index (κ2) is 5.46. The number of rotatable bonds is 5. The summed E-state index contributed by atoms with van der Waals surface area (Å²) < 4.78 is 36.6. The van der Waals surface area contributed by atoms with Gasteiger partial charge >= 0.3 is 0 Å². The fraction of sp³-hybridized carbons (Fsp3) is 0.500. The molecular weight excluding hydrogens is 290 g/mol. The third-order valence-electron chi connectivity index (χ3n) is 2.71. The van der Waals surface area contributed by atoms with Gasteiger partial charge in [0.1, 0.15) is 22.8 Å². The second-order valence-corrected chi connectivity index (χ2v) is 6.65. The number of anilines is 1. The van der Waals surface area contributed by atoms with Crippen molar-refractivity contribution in [3.63, 3.8) is 0 Å². The topological polar surface area (TPSA) is 64.6 Å². The lowest BCUT2D eigenvalue weighted by molar-refractivity contribution is 0.254. The van der Waals surface area contributed by atoms with Crippen LogP contribution >= 0.6 is 11.6 Å². The molecule has 7 heteroatoms. The van der Waals surface area contributed by atoms with Crippen molar-refractivity contribution in [2.24, 2.45) is 0 Å². The van der Waals surface area contributed by atoms with Gasteiger partial charge in [-0.2, -0.15) is 0 Å². The molecule has 1 aromatic rings. The van der Waals surface area contributed by atoms with Crippen LogP contribution in [0.3, 0.4) is 0 Å². The van der Waals surface area contributed by atoms with E-state index in [1.807, 2.05) is 19.9 Å². The lowest BCUT2D eigenvalue weighted by Crippen LogP contribution is -2.14. The third-order valence-corrected chi connectivity index (χ3v) is 4.39. The number of nitrogens with one attached hydrogen (secondary N) is 1. The number of hydrogen-bond acceptors (Lipinski definition) is 4. The minimum atomic E-state index is -3.56. The standard InChI is InChI=1S/C12H16ClNO4S/c1-3-17-12-5-9-4-8(2)18-11(9)6-10(12)14-19(15,16)7-13/h5-6,8,14H,3-4,7H2,1-2H3. The van der Waals surface area contributed by atoms with Crippen LogP contribution in [-0.2, 0) is 16.4 Å². The molecule has 1 N–H and O–H groups in total. The van der Waals surface area contributed by atoms with E-state index >= 15 is 0 Å². The molecule has 1 atom stereocenters. The normalized spacial score (nSPS) is 17.7. The zero-order valence-electron chi connectivity index (χ0n) is 10.8. The minimum Gasteiger partial charge on any atom is -0.492 e. The predicted molar refractivity (Wildman–Crippen MR) is 74.7 cm³/mol. The highest BCUT2D eigenvalue weighted by Gasteiger charge is 2.23. The quantitative estimate of drug-likeness (QED) is 0.848. The van der Waals surface area contributed by atoms with Gasteiger partial charge in [-0.05, 0) is 19.9 Å². The van der Waals surface area contributed by atoms with E-state index in [4.69, 9.17) is 21.1 Å². The first-order valence-electron chi connectivity index (χ1n) is 5.98. The van der Waals surface area contributed by atoms with E-state index in [1.165, 1.54) is 0 Å². The van der Waals surface area contributed by atoms with Gasteiger partial charge in [-0.15, -0.1) is 11.6 Å². The van der Waals surface area contributed by atoms with Gasteiger partial charge in [-0.3, -0.25) is 4.72 Å². The van der Waals surface area contributed by atoms with Crippen molar-refractivity contribution < 1.29 is 17.9 Å². The number of fused-ring (bicyclic) bond motifs is 1. The Kier molecular flexibility index (Phi) is 4.10. The minimum absolute atomic E-state index is 0.0874. The van der Waals surface area contributed by atoms with Crippen LogP contribution in [0.4, 0.5) is 5.69 Å². The van der Waals surface area contributed by atoms with Gasteiger partial charge in [0.15, 0.2) is 0 Å². The second-order valence-electron chi connectivity index (χ2n) is 4.35. The fourth-order valence-electron chi connectivity index (χ4n) is 1.99. The molecule has 1 aromatic carbocycles. The van der Waals surface area contributed by atoms with Crippen molar-refractivity contribution in [1.82, 2.24) is 0 Å². The Morgan fingerprint density at radius 2 is 2.26 bits per heavy atom. The van der Waals surface area contributed by atoms with Gasteiger partial charge < -0.3 is 9.47 Å². The first-order valence-corrected chi connectivity index (χ1v) is 8.16. The van der Waals surface area contributed by atoms with Gasteiger partial charge in [0.05, 0.1) is 12.3 Å². The van der Waals surface area contributed by atoms with Crippen molar-refractivity contribution in [1.29, 1.82) is 0 Å². The molecule has 0 aromatic heterocycles. The average Bonchev–Trinajstić information content (AvgIpc) is 2.69. The molecule has 1 unspecified atom stereocenters. The highest BCUT2D eigenvalue weighted by molar-refractivity contribution is 7.93. The number of alkyl halides is 1. The average molecular weight is 306 g/mol. The van der Waals surface area contributed by atoms with Crippen molar-refractivity contribution in [2.75, 3.05) is 16.5 Å². The number of sulfonamides is 1. The summed E-state index contributed by atoms with van der Waals surface area (Å²) in [6, 6.07) is 3.46. The van der Waals surface area contributed by atoms with Crippen LogP contribution in [0, 0.1) is 0 Å². The Morgan fingerprint density at radius 3 is 2.89 bits per heavy atom. The van der Waals surface area contributed by atoms with E-state index < -0.39 is 15.2 Å². The summed E-state index contributed by atoms with van der Waals surface area (Å²) in [5, 5.41) is -0.507. The molecular formula is C12H16ClNO4S. The maximum Gasteiger partial charge on any atom is 0.246 e. The van der Waals surface area contributed by atoms with Crippen molar-refractivity contribution in [2.45, 2.75) is 26.4 Å². The van der Waals surface area contributed by atoms with Crippen molar-refractivity contribution in [3.05, 3.63) is 17.7 Å². The summed E-state index contributed by atoms with van der Waals surface area (Å²) in [5.41, 5.74) is 1.38. The molecule has 0 spiro atoms. The van der Waals surface area contributed by atoms with Gasteiger partial charge in [-0.25, -0.2) is 8.42 Å². The fourth-order valence-corrected chi connectivity index (χ4v) is 2.70. The maximum atomic E-state index is 11.6. The molecule has 0 aliphatic carbocycles. The molecule has 1 aliphatic heterocycles. The summed E-state index contributed by atoms with van der Waals surface area (Å²) in [6.45, 7) is 4.25. The van der Waals surface area contributed by atoms with Crippen LogP contribution in [0.5, 0.6) is 11.5 Å². The molecule has 0 saturated carbocycles. The summed E-state index contributed by atoms with van der Waals surface area (Å²) in [5.74, 6) is 1.18. The molecule has 0 saturated heterocycles. The van der Waals surface area contributed by atoms with Crippen LogP contribution in [0.25, 0.3) is 0 Å². The number of benzene rings is 1. The zero-order valence-corrected chi connectivity index (χ0v) is 12.3. The molecule has 106 valence electrons. The number of halogens is 1. The molecule has 1 heterocycles. The Bertz CT molecular complexity index is 573. The zero-order chi connectivity index (χ0) is 14.0. The van der Waals surface area contributed by atoms with E-state index in [-0.39, 0.29) is 6.10 Å². The van der Waals surface area contributed by atoms with E-state index in [9.17, 15) is 8.42 Å².